The molecule has 2 aromatic rings. The molecule has 2 N–H and O–H groups in total. The number of carbonyl (C=O) groups is 1. The molecule has 8 heteroatoms. The predicted molar refractivity (Wildman–Crippen MR) is 93.0 cm³/mol. The van der Waals surface area contributed by atoms with Crippen LogP contribution in [0.1, 0.15) is 15.9 Å². The molecule has 7 nitrogen and oxygen atoms in total. The molecule has 0 saturated carbocycles. The van der Waals surface area contributed by atoms with Crippen molar-refractivity contribution in [1.29, 1.82) is 5.26 Å². The van der Waals surface area contributed by atoms with E-state index in [1.807, 2.05) is 6.07 Å². The van der Waals surface area contributed by atoms with E-state index in [9.17, 15) is 13.2 Å². The summed E-state index contributed by atoms with van der Waals surface area (Å²) in [5, 5.41) is 11.1. The van der Waals surface area contributed by atoms with Gasteiger partial charge in [0.15, 0.2) is 0 Å². The Morgan fingerprint density at radius 1 is 1.20 bits per heavy atom. The first-order valence-corrected chi connectivity index (χ1v) is 8.78. The van der Waals surface area contributed by atoms with Crippen LogP contribution in [0.15, 0.2) is 47.4 Å². The number of hydrogen-bond donors (Lipinski definition) is 2. The highest BCUT2D eigenvalue weighted by Crippen LogP contribution is 2.24. The molecule has 0 aliphatic carbocycles. The fourth-order valence-electron chi connectivity index (χ4n) is 2.16. The van der Waals surface area contributed by atoms with Crippen LogP contribution < -0.4 is 14.8 Å². The minimum Gasteiger partial charge on any atom is -0.496 e. The van der Waals surface area contributed by atoms with Crippen molar-refractivity contribution in [3.05, 3.63) is 53.6 Å². The highest BCUT2D eigenvalue weighted by atomic mass is 32.2. The van der Waals surface area contributed by atoms with E-state index in [0.717, 1.165) is 5.56 Å². The van der Waals surface area contributed by atoms with Crippen LogP contribution in [0, 0.1) is 11.3 Å². The van der Waals surface area contributed by atoms with Crippen LogP contribution in [-0.4, -0.2) is 28.5 Å². The summed E-state index contributed by atoms with van der Waals surface area (Å²) in [4.78, 5) is 11.8. The molecule has 0 heterocycles. The minimum absolute atomic E-state index is 0.0620. The van der Waals surface area contributed by atoms with E-state index in [4.69, 9.17) is 10.00 Å². The third-order valence-corrected chi connectivity index (χ3v) is 4.82. The number of anilines is 1. The Morgan fingerprint density at radius 3 is 2.44 bits per heavy atom. The van der Waals surface area contributed by atoms with Gasteiger partial charge < -0.3 is 10.1 Å². The van der Waals surface area contributed by atoms with Gasteiger partial charge in [-0.3, -0.25) is 9.52 Å². The summed E-state index contributed by atoms with van der Waals surface area (Å²) in [5.74, 6) is -0.172. The van der Waals surface area contributed by atoms with Gasteiger partial charge >= 0.3 is 0 Å². The lowest BCUT2D eigenvalue weighted by atomic mass is 10.1. The quantitative estimate of drug-likeness (QED) is 0.819. The number of nitrogens with zero attached hydrogens (tertiary/aromatic N) is 1. The van der Waals surface area contributed by atoms with Gasteiger partial charge in [0.1, 0.15) is 5.75 Å². The summed E-state index contributed by atoms with van der Waals surface area (Å²) in [7, 11) is -1.03. The average Bonchev–Trinajstić information content (AvgIpc) is 2.62. The number of hydrogen-bond acceptors (Lipinski definition) is 5. The van der Waals surface area contributed by atoms with Crippen LogP contribution in [0.4, 0.5) is 5.69 Å². The third kappa shape index (κ3) is 4.28. The van der Waals surface area contributed by atoms with Crippen molar-refractivity contribution in [2.24, 2.45) is 0 Å². The number of nitriles is 1. The van der Waals surface area contributed by atoms with Crippen LogP contribution in [-0.2, 0) is 16.4 Å². The number of rotatable bonds is 6. The highest BCUT2D eigenvalue weighted by molar-refractivity contribution is 7.92. The Morgan fingerprint density at radius 2 is 1.88 bits per heavy atom. The molecule has 2 rings (SSSR count). The van der Waals surface area contributed by atoms with Crippen molar-refractivity contribution in [1.82, 2.24) is 5.32 Å². The Kier molecular flexibility index (Phi) is 5.62. The van der Waals surface area contributed by atoms with Crippen molar-refractivity contribution in [3.63, 3.8) is 0 Å². The molecule has 130 valence electrons. The number of methoxy groups -OCH3 is 1. The SMILES string of the molecule is CNC(=O)c1cc(S(=O)(=O)Nc2ccc(CC#N)cc2)ccc1OC. The second-order valence-electron chi connectivity index (χ2n) is 5.08. The zero-order chi connectivity index (χ0) is 18.4. The van der Waals surface area contributed by atoms with Crippen LogP contribution >= 0.6 is 0 Å². The van der Waals surface area contributed by atoms with Crippen LogP contribution in [0.25, 0.3) is 0 Å². The van der Waals surface area contributed by atoms with Gasteiger partial charge in [-0.1, -0.05) is 12.1 Å². The van der Waals surface area contributed by atoms with Crippen LogP contribution in [0.5, 0.6) is 5.75 Å². The lowest BCUT2D eigenvalue weighted by Crippen LogP contribution is -2.20. The number of amides is 1. The van der Waals surface area contributed by atoms with Crippen molar-refractivity contribution >= 4 is 21.6 Å². The van der Waals surface area contributed by atoms with E-state index >= 15 is 0 Å². The molecule has 0 radical (unpaired) electrons. The highest BCUT2D eigenvalue weighted by Gasteiger charge is 2.19. The van der Waals surface area contributed by atoms with E-state index in [1.54, 1.807) is 24.3 Å². The Balaban J connectivity index is 2.33. The van der Waals surface area contributed by atoms with Crippen molar-refractivity contribution in [2.75, 3.05) is 18.9 Å². The zero-order valence-corrected chi connectivity index (χ0v) is 14.6. The molecule has 1 amide bonds. The molecule has 0 atom stereocenters. The topological polar surface area (TPSA) is 108 Å². The predicted octanol–water partition coefficient (Wildman–Crippen LogP) is 1.92. The number of carbonyl (C=O) groups excluding carboxylic acids is 1. The zero-order valence-electron chi connectivity index (χ0n) is 13.7. The molecule has 0 unspecified atom stereocenters. The van der Waals surface area contributed by atoms with Gasteiger partial charge in [0.25, 0.3) is 15.9 Å². The molecule has 0 aliphatic rings. The minimum atomic E-state index is -3.88. The first-order valence-electron chi connectivity index (χ1n) is 7.30. The monoisotopic (exact) mass is 359 g/mol. The van der Waals surface area contributed by atoms with Gasteiger partial charge in [0.05, 0.1) is 30.1 Å². The fourth-order valence-corrected chi connectivity index (χ4v) is 3.25. The Hall–Kier alpha value is -3.05. The summed E-state index contributed by atoms with van der Waals surface area (Å²) in [6.07, 6.45) is 0.251. The van der Waals surface area contributed by atoms with E-state index in [1.165, 1.54) is 32.4 Å². The molecule has 25 heavy (non-hydrogen) atoms. The molecule has 0 spiro atoms. The molecule has 0 aliphatic heterocycles. The lowest BCUT2D eigenvalue weighted by Gasteiger charge is -2.12. The molecule has 0 bridgehead atoms. The van der Waals surface area contributed by atoms with E-state index < -0.39 is 15.9 Å². The van der Waals surface area contributed by atoms with Crippen molar-refractivity contribution in [3.8, 4) is 11.8 Å². The van der Waals surface area contributed by atoms with Gasteiger partial charge in [-0.25, -0.2) is 8.42 Å². The Bertz CT molecular complexity index is 916. The van der Waals surface area contributed by atoms with Crippen molar-refractivity contribution < 1.29 is 17.9 Å². The first-order chi connectivity index (χ1) is 11.9. The maximum atomic E-state index is 12.5. The maximum absolute atomic E-state index is 12.5. The molecule has 0 saturated heterocycles. The number of nitrogens with one attached hydrogen (secondary N) is 2. The maximum Gasteiger partial charge on any atom is 0.261 e. The van der Waals surface area contributed by atoms with E-state index in [2.05, 4.69) is 10.0 Å². The summed E-state index contributed by atoms with van der Waals surface area (Å²) in [6.45, 7) is 0. The second-order valence-corrected chi connectivity index (χ2v) is 6.76. The van der Waals surface area contributed by atoms with Crippen LogP contribution in [0.2, 0.25) is 0 Å². The lowest BCUT2D eigenvalue weighted by molar-refractivity contribution is 0.0960. The fraction of sp³-hybridized carbons (Fsp3) is 0.176. The van der Waals surface area contributed by atoms with Gasteiger partial charge in [-0.05, 0) is 35.9 Å². The number of benzene rings is 2. The molecule has 2 aromatic carbocycles. The molecule has 0 aromatic heterocycles. The summed E-state index contributed by atoms with van der Waals surface area (Å²) in [6, 6.07) is 12.6. The summed E-state index contributed by atoms with van der Waals surface area (Å²) in [5.41, 5.74) is 1.27. The molecule has 0 fully saturated rings. The van der Waals surface area contributed by atoms with Crippen LogP contribution in [0.3, 0.4) is 0 Å². The largest absolute Gasteiger partial charge is 0.496 e. The standard InChI is InChI=1S/C17H17N3O4S/c1-19-17(21)15-11-14(7-8-16(15)24-2)25(22,23)20-13-5-3-12(4-6-13)9-10-18/h3-8,11,20H,9H2,1-2H3,(H,19,21). The third-order valence-electron chi connectivity index (χ3n) is 3.44. The first kappa shape index (κ1) is 18.3. The average molecular weight is 359 g/mol. The number of ether oxygens (including phenoxy) is 1. The summed E-state index contributed by atoms with van der Waals surface area (Å²) >= 11 is 0. The van der Waals surface area contributed by atoms with Gasteiger partial charge in [0.2, 0.25) is 0 Å². The van der Waals surface area contributed by atoms with Crippen molar-refractivity contribution in [2.45, 2.75) is 11.3 Å². The number of sulfonamides is 1. The molecular weight excluding hydrogens is 342 g/mol. The van der Waals surface area contributed by atoms with Gasteiger partial charge in [-0.2, -0.15) is 5.26 Å². The second kappa shape index (κ2) is 7.68. The van der Waals surface area contributed by atoms with Gasteiger partial charge in [-0.15, -0.1) is 0 Å². The van der Waals surface area contributed by atoms with E-state index in [-0.39, 0.29) is 22.6 Å². The summed E-state index contributed by atoms with van der Waals surface area (Å²) < 4.78 is 32.6. The molecular formula is C17H17N3O4S. The van der Waals surface area contributed by atoms with E-state index in [0.29, 0.717) is 5.69 Å². The normalized spacial score (nSPS) is 10.6. The van der Waals surface area contributed by atoms with Gasteiger partial charge in [0, 0.05) is 12.7 Å². The Labute approximate surface area is 146 Å². The smallest absolute Gasteiger partial charge is 0.261 e.